The SMILES string of the molecule is C[C@H](N[C@@H](c1ccccc1)c1ccco1)C(=O)Nc1ccccc1-c1ccccc1. The van der Waals surface area contributed by atoms with Gasteiger partial charge in [-0.1, -0.05) is 78.9 Å². The molecule has 0 fully saturated rings. The number of rotatable bonds is 7. The molecule has 1 heterocycles. The summed E-state index contributed by atoms with van der Waals surface area (Å²) in [6, 6.07) is 31.0. The number of furan rings is 1. The van der Waals surface area contributed by atoms with E-state index in [1.54, 1.807) is 6.26 Å². The molecule has 30 heavy (non-hydrogen) atoms. The third-order valence-electron chi connectivity index (χ3n) is 5.04. The Bertz CT molecular complexity index is 1080. The van der Waals surface area contributed by atoms with Crippen molar-refractivity contribution < 1.29 is 9.21 Å². The first-order chi connectivity index (χ1) is 14.7. The molecule has 1 aromatic heterocycles. The summed E-state index contributed by atoms with van der Waals surface area (Å²) in [7, 11) is 0. The standard InChI is InChI=1S/C26H24N2O2/c1-19(27-25(24-17-10-18-30-24)21-13-6-3-7-14-21)26(29)28-23-16-9-8-15-22(23)20-11-4-2-5-12-20/h2-19,25,27H,1H3,(H,28,29)/t19-,25-/m0/s1. The summed E-state index contributed by atoms with van der Waals surface area (Å²) in [4.78, 5) is 13.0. The molecule has 0 radical (unpaired) electrons. The van der Waals surface area contributed by atoms with Crippen LogP contribution in [0, 0.1) is 0 Å². The second-order valence-electron chi connectivity index (χ2n) is 7.15. The zero-order chi connectivity index (χ0) is 20.8. The quantitative estimate of drug-likeness (QED) is 0.424. The molecule has 1 amide bonds. The van der Waals surface area contributed by atoms with Gasteiger partial charge >= 0.3 is 0 Å². The predicted octanol–water partition coefficient (Wildman–Crippen LogP) is 5.65. The van der Waals surface area contributed by atoms with Gasteiger partial charge in [0.15, 0.2) is 0 Å². The van der Waals surface area contributed by atoms with Crippen molar-refractivity contribution in [2.75, 3.05) is 5.32 Å². The highest BCUT2D eigenvalue weighted by atomic mass is 16.3. The van der Waals surface area contributed by atoms with E-state index in [1.165, 1.54) is 0 Å². The molecule has 0 aliphatic heterocycles. The summed E-state index contributed by atoms with van der Waals surface area (Å²) < 4.78 is 5.63. The van der Waals surface area contributed by atoms with Gasteiger partial charge in [0.05, 0.1) is 18.3 Å². The van der Waals surface area contributed by atoms with E-state index in [0.29, 0.717) is 0 Å². The number of amides is 1. The van der Waals surface area contributed by atoms with Crippen LogP contribution in [0.2, 0.25) is 0 Å². The first-order valence-electron chi connectivity index (χ1n) is 10.0. The summed E-state index contributed by atoms with van der Waals surface area (Å²) in [5, 5.41) is 6.49. The zero-order valence-electron chi connectivity index (χ0n) is 16.8. The Morgan fingerprint density at radius 2 is 1.47 bits per heavy atom. The molecular weight excluding hydrogens is 372 g/mol. The van der Waals surface area contributed by atoms with Crippen molar-refractivity contribution in [2.45, 2.75) is 19.0 Å². The Hall–Kier alpha value is -3.63. The van der Waals surface area contributed by atoms with E-state index in [9.17, 15) is 4.79 Å². The zero-order valence-corrected chi connectivity index (χ0v) is 16.8. The fourth-order valence-electron chi connectivity index (χ4n) is 3.47. The summed E-state index contributed by atoms with van der Waals surface area (Å²) in [6.07, 6.45) is 1.65. The van der Waals surface area contributed by atoms with Crippen LogP contribution < -0.4 is 10.6 Å². The van der Waals surface area contributed by atoms with Gasteiger partial charge < -0.3 is 9.73 Å². The van der Waals surface area contributed by atoms with E-state index in [2.05, 4.69) is 10.6 Å². The Morgan fingerprint density at radius 3 is 2.17 bits per heavy atom. The van der Waals surface area contributed by atoms with Crippen LogP contribution in [0.5, 0.6) is 0 Å². The molecule has 0 saturated heterocycles. The summed E-state index contributed by atoms with van der Waals surface area (Å²) in [5.74, 6) is 0.663. The third kappa shape index (κ3) is 4.50. The minimum Gasteiger partial charge on any atom is -0.467 e. The molecule has 4 nitrogen and oxygen atoms in total. The molecule has 2 atom stereocenters. The minimum absolute atomic E-state index is 0.106. The number of hydrogen-bond donors (Lipinski definition) is 2. The molecule has 0 aliphatic rings. The van der Waals surface area contributed by atoms with Gasteiger partial charge in [0.25, 0.3) is 0 Å². The highest BCUT2D eigenvalue weighted by Gasteiger charge is 2.23. The van der Waals surface area contributed by atoms with Crippen molar-refractivity contribution in [3.8, 4) is 11.1 Å². The lowest BCUT2D eigenvalue weighted by atomic mass is 10.0. The number of hydrogen-bond acceptors (Lipinski definition) is 3. The third-order valence-corrected chi connectivity index (χ3v) is 5.04. The molecule has 0 aliphatic carbocycles. The maximum Gasteiger partial charge on any atom is 0.241 e. The average molecular weight is 396 g/mol. The molecule has 0 spiro atoms. The predicted molar refractivity (Wildman–Crippen MR) is 120 cm³/mol. The Kier molecular flexibility index (Phi) is 6.06. The van der Waals surface area contributed by atoms with Crippen LogP contribution in [0.25, 0.3) is 11.1 Å². The first kappa shape index (κ1) is 19.7. The lowest BCUT2D eigenvalue weighted by Crippen LogP contribution is -2.40. The number of carbonyl (C=O) groups is 1. The molecule has 4 rings (SSSR count). The number of anilines is 1. The van der Waals surface area contributed by atoms with E-state index in [1.807, 2.05) is 104 Å². The van der Waals surface area contributed by atoms with Crippen molar-refractivity contribution in [1.29, 1.82) is 0 Å². The Balaban J connectivity index is 1.53. The van der Waals surface area contributed by atoms with Gasteiger partial charge in [-0.25, -0.2) is 0 Å². The molecule has 0 saturated carbocycles. The lowest BCUT2D eigenvalue weighted by molar-refractivity contribution is -0.117. The van der Waals surface area contributed by atoms with Crippen LogP contribution in [-0.2, 0) is 4.79 Å². The smallest absolute Gasteiger partial charge is 0.241 e. The topological polar surface area (TPSA) is 54.3 Å². The van der Waals surface area contributed by atoms with E-state index in [0.717, 1.165) is 28.1 Å². The van der Waals surface area contributed by atoms with Gasteiger partial charge in [0.1, 0.15) is 5.76 Å². The Labute approximate surface area is 176 Å². The van der Waals surface area contributed by atoms with Crippen LogP contribution in [0.4, 0.5) is 5.69 Å². The van der Waals surface area contributed by atoms with Gasteiger partial charge in [-0.3, -0.25) is 10.1 Å². The van der Waals surface area contributed by atoms with Crippen molar-refractivity contribution in [3.05, 3.63) is 115 Å². The van der Waals surface area contributed by atoms with Crippen molar-refractivity contribution in [2.24, 2.45) is 0 Å². The number of para-hydroxylation sites is 1. The van der Waals surface area contributed by atoms with Gasteiger partial charge in [-0.05, 0) is 36.2 Å². The molecule has 150 valence electrons. The fraction of sp³-hybridized carbons (Fsp3) is 0.115. The fourth-order valence-corrected chi connectivity index (χ4v) is 3.47. The first-order valence-corrected chi connectivity index (χ1v) is 10.0. The molecule has 2 N–H and O–H groups in total. The van der Waals surface area contributed by atoms with Crippen molar-refractivity contribution in [1.82, 2.24) is 5.32 Å². The normalized spacial score (nSPS) is 12.8. The van der Waals surface area contributed by atoms with Gasteiger partial charge in [0.2, 0.25) is 5.91 Å². The number of nitrogens with one attached hydrogen (secondary N) is 2. The second-order valence-corrected chi connectivity index (χ2v) is 7.15. The van der Waals surface area contributed by atoms with E-state index in [4.69, 9.17) is 4.42 Å². The maximum absolute atomic E-state index is 13.0. The lowest BCUT2D eigenvalue weighted by Gasteiger charge is -2.22. The average Bonchev–Trinajstić information content (AvgIpc) is 3.33. The minimum atomic E-state index is -0.441. The van der Waals surface area contributed by atoms with Gasteiger partial charge in [-0.15, -0.1) is 0 Å². The van der Waals surface area contributed by atoms with Crippen LogP contribution in [0.15, 0.2) is 108 Å². The molecular formula is C26H24N2O2. The van der Waals surface area contributed by atoms with E-state index >= 15 is 0 Å². The number of carbonyl (C=O) groups excluding carboxylic acids is 1. The summed E-state index contributed by atoms with van der Waals surface area (Å²) in [5.41, 5.74) is 3.88. The van der Waals surface area contributed by atoms with Crippen LogP contribution >= 0.6 is 0 Å². The summed E-state index contributed by atoms with van der Waals surface area (Å²) in [6.45, 7) is 1.86. The summed E-state index contributed by atoms with van der Waals surface area (Å²) >= 11 is 0. The molecule has 4 heteroatoms. The molecule has 0 unspecified atom stereocenters. The number of benzene rings is 3. The van der Waals surface area contributed by atoms with E-state index in [-0.39, 0.29) is 11.9 Å². The van der Waals surface area contributed by atoms with Crippen LogP contribution in [0.1, 0.15) is 24.3 Å². The van der Waals surface area contributed by atoms with Gasteiger partial charge in [-0.2, -0.15) is 0 Å². The largest absolute Gasteiger partial charge is 0.467 e. The van der Waals surface area contributed by atoms with Crippen molar-refractivity contribution in [3.63, 3.8) is 0 Å². The molecule has 3 aromatic carbocycles. The van der Waals surface area contributed by atoms with Gasteiger partial charge in [0, 0.05) is 11.3 Å². The van der Waals surface area contributed by atoms with E-state index < -0.39 is 6.04 Å². The van der Waals surface area contributed by atoms with Crippen LogP contribution in [-0.4, -0.2) is 11.9 Å². The highest BCUT2D eigenvalue weighted by Crippen LogP contribution is 2.28. The highest BCUT2D eigenvalue weighted by molar-refractivity contribution is 5.98. The maximum atomic E-state index is 13.0. The van der Waals surface area contributed by atoms with Crippen LogP contribution in [0.3, 0.4) is 0 Å². The molecule has 0 bridgehead atoms. The monoisotopic (exact) mass is 396 g/mol. The second kappa shape index (κ2) is 9.25. The van der Waals surface area contributed by atoms with Crippen molar-refractivity contribution >= 4 is 11.6 Å². The molecule has 4 aromatic rings. The Morgan fingerprint density at radius 1 is 0.800 bits per heavy atom.